The van der Waals surface area contributed by atoms with Crippen LogP contribution in [0.25, 0.3) is 0 Å². The van der Waals surface area contributed by atoms with Crippen molar-refractivity contribution in [1.29, 1.82) is 0 Å². The van der Waals surface area contributed by atoms with Crippen LogP contribution in [0.1, 0.15) is 17.3 Å². The van der Waals surface area contributed by atoms with Crippen molar-refractivity contribution in [2.45, 2.75) is 6.92 Å². The van der Waals surface area contributed by atoms with Gasteiger partial charge in [-0.2, -0.15) is 0 Å². The molecule has 0 aromatic carbocycles. The second-order valence-electron chi connectivity index (χ2n) is 3.54. The third-order valence-electron chi connectivity index (χ3n) is 2.07. The Morgan fingerprint density at radius 3 is 2.47 bits per heavy atom. The van der Waals surface area contributed by atoms with E-state index in [0.717, 1.165) is 0 Å². The average Bonchev–Trinajstić information content (AvgIpc) is 2.44. The molecule has 0 saturated heterocycles. The van der Waals surface area contributed by atoms with Crippen molar-refractivity contribution in [3.63, 3.8) is 0 Å². The molecule has 102 valence electrons. The molecule has 0 fully saturated rings. The molecule has 0 aliphatic carbocycles. The van der Waals surface area contributed by atoms with Crippen molar-refractivity contribution < 1.29 is 19.1 Å². The Bertz CT molecular complexity index is 448. The summed E-state index contributed by atoms with van der Waals surface area (Å²) in [6, 6.07) is 2.96. The highest BCUT2D eigenvalue weighted by atomic mass is 16.5. The minimum atomic E-state index is -0.615. The largest absolute Gasteiger partial charge is 0.452 e. The van der Waals surface area contributed by atoms with Crippen LogP contribution < -0.4 is 10.6 Å². The van der Waals surface area contributed by atoms with Crippen LogP contribution in [0.3, 0.4) is 0 Å². The van der Waals surface area contributed by atoms with Crippen molar-refractivity contribution in [3.05, 3.63) is 30.1 Å². The smallest absolute Gasteiger partial charge is 0.338 e. The molecule has 2 amide bonds. The molecule has 1 aromatic rings. The minimum absolute atomic E-state index is 0.139. The Labute approximate surface area is 110 Å². The van der Waals surface area contributed by atoms with Crippen LogP contribution in [-0.4, -0.2) is 42.5 Å². The van der Waals surface area contributed by atoms with Crippen molar-refractivity contribution in [3.8, 4) is 0 Å². The van der Waals surface area contributed by atoms with Gasteiger partial charge in [-0.05, 0) is 19.1 Å². The van der Waals surface area contributed by atoms with Crippen LogP contribution in [-0.2, 0) is 14.3 Å². The zero-order valence-electron chi connectivity index (χ0n) is 10.5. The molecule has 0 radical (unpaired) electrons. The van der Waals surface area contributed by atoms with E-state index in [1.54, 1.807) is 6.92 Å². The topological polar surface area (TPSA) is 97.4 Å². The van der Waals surface area contributed by atoms with E-state index in [0.29, 0.717) is 12.1 Å². The van der Waals surface area contributed by atoms with Gasteiger partial charge < -0.3 is 15.4 Å². The number of carbonyl (C=O) groups is 3. The fraction of sp³-hybridized carbons (Fsp3) is 0.333. The Kier molecular flexibility index (Phi) is 6.00. The second kappa shape index (κ2) is 7.80. The maximum atomic E-state index is 11.5. The van der Waals surface area contributed by atoms with Gasteiger partial charge in [0, 0.05) is 18.9 Å². The van der Waals surface area contributed by atoms with Gasteiger partial charge >= 0.3 is 5.97 Å². The Morgan fingerprint density at radius 1 is 1.16 bits per heavy atom. The summed E-state index contributed by atoms with van der Waals surface area (Å²) in [6.07, 6.45) is 2.90. The maximum absolute atomic E-state index is 11.5. The summed E-state index contributed by atoms with van der Waals surface area (Å²) < 4.78 is 4.77. The summed E-state index contributed by atoms with van der Waals surface area (Å²) in [6.45, 7) is 1.70. The molecule has 1 rings (SSSR count). The third kappa shape index (κ3) is 5.62. The summed E-state index contributed by atoms with van der Waals surface area (Å²) >= 11 is 0. The number of hydrogen-bond acceptors (Lipinski definition) is 5. The number of nitrogens with one attached hydrogen (secondary N) is 2. The first-order chi connectivity index (χ1) is 9.13. The van der Waals surface area contributed by atoms with Gasteiger partial charge in [0.05, 0.1) is 12.1 Å². The Morgan fingerprint density at radius 2 is 1.84 bits per heavy atom. The van der Waals surface area contributed by atoms with E-state index in [1.807, 2.05) is 0 Å². The van der Waals surface area contributed by atoms with E-state index in [-0.39, 0.29) is 12.5 Å². The van der Waals surface area contributed by atoms with E-state index < -0.39 is 18.5 Å². The summed E-state index contributed by atoms with van der Waals surface area (Å²) in [5.74, 6) is -1.44. The van der Waals surface area contributed by atoms with Crippen molar-refractivity contribution in [2.75, 3.05) is 19.7 Å². The lowest BCUT2D eigenvalue weighted by Gasteiger charge is -2.06. The molecule has 0 atom stereocenters. The van der Waals surface area contributed by atoms with Crippen LogP contribution in [0.5, 0.6) is 0 Å². The quantitative estimate of drug-likeness (QED) is 0.675. The molecule has 1 aromatic heterocycles. The molecular weight excluding hydrogens is 250 g/mol. The SMILES string of the molecule is CCNC(=O)CNC(=O)COC(=O)c1ccncc1. The van der Waals surface area contributed by atoms with Gasteiger partial charge in [-0.25, -0.2) is 4.79 Å². The highest BCUT2D eigenvalue weighted by molar-refractivity contribution is 5.91. The van der Waals surface area contributed by atoms with Crippen molar-refractivity contribution in [1.82, 2.24) is 15.6 Å². The van der Waals surface area contributed by atoms with Crippen LogP contribution in [0, 0.1) is 0 Å². The predicted octanol–water partition coefficient (Wildman–Crippen LogP) is -0.509. The number of nitrogens with zero attached hydrogens (tertiary/aromatic N) is 1. The summed E-state index contributed by atoms with van der Waals surface area (Å²) in [5.41, 5.74) is 0.312. The van der Waals surface area contributed by atoms with Crippen molar-refractivity contribution >= 4 is 17.8 Å². The summed E-state index contributed by atoms with van der Waals surface area (Å²) in [4.78, 5) is 37.6. The number of carbonyl (C=O) groups excluding carboxylic acids is 3. The molecule has 19 heavy (non-hydrogen) atoms. The van der Waals surface area contributed by atoms with Gasteiger partial charge in [0.1, 0.15) is 0 Å². The molecule has 0 unspecified atom stereocenters. The predicted molar refractivity (Wildman–Crippen MR) is 66.2 cm³/mol. The molecule has 1 heterocycles. The number of pyridine rings is 1. The fourth-order valence-electron chi connectivity index (χ4n) is 1.19. The lowest BCUT2D eigenvalue weighted by Crippen LogP contribution is -2.38. The lowest BCUT2D eigenvalue weighted by atomic mass is 10.3. The second-order valence-corrected chi connectivity index (χ2v) is 3.54. The van der Waals surface area contributed by atoms with Crippen LogP contribution in [0.4, 0.5) is 0 Å². The molecule has 0 aliphatic heterocycles. The van der Waals surface area contributed by atoms with Crippen LogP contribution in [0.15, 0.2) is 24.5 Å². The van der Waals surface area contributed by atoms with E-state index in [4.69, 9.17) is 4.74 Å². The first-order valence-corrected chi connectivity index (χ1v) is 5.74. The monoisotopic (exact) mass is 265 g/mol. The summed E-state index contributed by atoms with van der Waals surface area (Å²) in [5, 5.41) is 4.86. The van der Waals surface area contributed by atoms with Crippen LogP contribution >= 0.6 is 0 Å². The zero-order valence-corrected chi connectivity index (χ0v) is 10.5. The van der Waals surface area contributed by atoms with Gasteiger partial charge in [0.2, 0.25) is 5.91 Å². The zero-order chi connectivity index (χ0) is 14.1. The number of hydrogen-bond donors (Lipinski definition) is 2. The Hall–Kier alpha value is -2.44. The first kappa shape index (κ1) is 14.6. The van der Waals surface area contributed by atoms with Crippen molar-refractivity contribution in [2.24, 2.45) is 0 Å². The highest BCUT2D eigenvalue weighted by Crippen LogP contribution is 1.98. The number of ether oxygens (including phenoxy) is 1. The lowest BCUT2D eigenvalue weighted by molar-refractivity contribution is -0.127. The van der Waals surface area contributed by atoms with Gasteiger partial charge in [-0.15, -0.1) is 0 Å². The van der Waals surface area contributed by atoms with E-state index >= 15 is 0 Å². The third-order valence-corrected chi connectivity index (χ3v) is 2.07. The van der Waals surface area contributed by atoms with Gasteiger partial charge in [0.15, 0.2) is 6.61 Å². The summed E-state index contributed by atoms with van der Waals surface area (Å²) in [7, 11) is 0. The maximum Gasteiger partial charge on any atom is 0.338 e. The van der Waals surface area contributed by atoms with Crippen LogP contribution in [0.2, 0.25) is 0 Å². The standard InChI is InChI=1S/C12H15N3O4/c1-2-14-10(16)7-15-11(17)8-19-12(18)9-3-5-13-6-4-9/h3-6H,2,7-8H2,1H3,(H,14,16)(H,15,17). The normalized spacial score (nSPS) is 9.53. The first-order valence-electron chi connectivity index (χ1n) is 5.74. The van der Waals surface area contributed by atoms with Gasteiger partial charge in [-0.3, -0.25) is 14.6 Å². The molecule has 7 nitrogen and oxygen atoms in total. The minimum Gasteiger partial charge on any atom is -0.452 e. The number of amides is 2. The molecular formula is C12H15N3O4. The molecule has 0 bridgehead atoms. The number of rotatable bonds is 6. The van der Waals surface area contributed by atoms with Gasteiger partial charge in [-0.1, -0.05) is 0 Å². The number of esters is 1. The number of aromatic nitrogens is 1. The fourth-order valence-corrected chi connectivity index (χ4v) is 1.19. The average molecular weight is 265 g/mol. The molecule has 0 saturated carbocycles. The van der Waals surface area contributed by atoms with E-state index in [1.165, 1.54) is 24.5 Å². The molecule has 0 aliphatic rings. The highest BCUT2D eigenvalue weighted by Gasteiger charge is 2.10. The molecule has 2 N–H and O–H groups in total. The number of likely N-dealkylation sites (N-methyl/N-ethyl adjacent to an activating group) is 1. The van der Waals surface area contributed by atoms with E-state index in [2.05, 4.69) is 15.6 Å². The van der Waals surface area contributed by atoms with E-state index in [9.17, 15) is 14.4 Å². The molecule has 0 spiro atoms. The van der Waals surface area contributed by atoms with Gasteiger partial charge in [0.25, 0.3) is 5.91 Å². The Balaban J connectivity index is 2.27. The molecule has 7 heteroatoms.